The molecule has 0 saturated carbocycles. The standard InChI is InChI=1S/C54H111N2O6P/c1-6-8-10-12-14-16-18-19-20-21-22-23-24-25-26-27-28-29-30-31-32-33-34-35-36-37-38-39-41-43-45-47-53(57)52(51-62-63(59,60)61-50-49-56(3,4)5)55-54(58)48-46-44-42-40-17-15-13-11-9-7-2/h52-53,57H,6-51H2,1-5H3,(H-,55,58,59,60). The van der Waals surface area contributed by atoms with E-state index in [0.717, 1.165) is 38.5 Å². The van der Waals surface area contributed by atoms with E-state index >= 15 is 0 Å². The van der Waals surface area contributed by atoms with Crippen molar-refractivity contribution in [2.24, 2.45) is 0 Å². The van der Waals surface area contributed by atoms with Crippen molar-refractivity contribution >= 4 is 13.7 Å². The minimum Gasteiger partial charge on any atom is -0.756 e. The van der Waals surface area contributed by atoms with Crippen molar-refractivity contribution in [1.29, 1.82) is 0 Å². The number of rotatable bonds is 52. The maximum absolute atomic E-state index is 12.9. The van der Waals surface area contributed by atoms with Crippen LogP contribution in [0, 0.1) is 0 Å². The summed E-state index contributed by atoms with van der Waals surface area (Å²) in [4.78, 5) is 25.3. The zero-order valence-electron chi connectivity index (χ0n) is 43.1. The number of aliphatic hydroxyl groups is 1. The van der Waals surface area contributed by atoms with E-state index in [1.807, 2.05) is 21.1 Å². The van der Waals surface area contributed by atoms with Crippen LogP contribution in [0.5, 0.6) is 0 Å². The largest absolute Gasteiger partial charge is 0.756 e. The van der Waals surface area contributed by atoms with Gasteiger partial charge in [-0.1, -0.05) is 271 Å². The van der Waals surface area contributed by atoms with Crippen LogP contribution in [-0.4, -0.2) is 68.5 Å². The number of hydrogen-bond acceptors (Lipinski definition) is 6. The number of amides is 1. The van der Waals surface area contributed by atoms with Gasteiger partial charge in [0.2, 0.25) is 5.91 Å². The molecule has 8 nitrogen and oxygen atoms in total. The monoisotopic (exact) mass is 915 g/mol. The molecule has 0 bridgehead atoms. The van der Waals surface area contributed by atoms with Gasteiger partial charge in [0.15, 0.2) is 0 Å². The predicted molar refractivity (Wildman–Crippen MR) is 270 cm³/mol. The zero-order chi connectivity index (χ0) is 46.4. The molecule has 0 saturated heterocycles. The summed E-state index contributed by atoms with van der Waals surface area (Å²) in [5, 5.41) is 14.0. The number of nitrogens with zero attached hydrogens (tertiary/aromatic N) is 1. The first-order valence-corrected chi connectivity index (χ1v) is 29.3. The first-order chi connectivity index (χ1) is 30.5. The summed E-state index contributed by atoms with van der Waals surface area (Å²) < 4.78 is 23.3. The SMILES string of the molecule is CCCCCCCCCCCCCCCCCCCCCCCCCCCCCCCCCC(O)C(COP(=O)([O-])OCC[N+](C)(C)C)NC(=O)CCCCCCCCCCCC. The lowest BCUT2D eigenvalue weighted by Gasteiger charge is -2.30. The number of phosphoric acid groups is 1. The molecule has 0 aliphatic carbocycles. The highest BCUT2D eigenvalue weighted by molar-refractivity contribution is 7.45. The van der Waals surface area contributed by atoms with E-state index in [4.69, 9.17) is 9.05 Å². The molecule has 0 rings (SSSR count). The van der Waals surface area contributed by atoms with E-state index in [1.165, 1.54) is 225 Å². The molecule has 0 aromatic rings. The molecule has 378 valence electrons. The van der Waals surface area contributed by atoms with Crippen molar-refractivity contribution in [2.45, 2.75) is 302 Å². The summed E-state index contributed by atoms with van der Waals surface area (Å²) in [7, 11) is 1.32. The van der Waals surface area contributed by atoms with Crippen LogP contribution in [0.25, 0.3) is 0 Å². The smallest absolute Gasteiger partial charge is 0.268 e. The molecule has 0 aromatic carbocycles. The molecule has 0 aromatic heterocycles. The van der Waals surface area contributed by atoms with Gasteiger partial charge in [0.1, 0.15) is 13.2 Å². The molecule has 0 heterocycles. The third-order valence-corrected chi connectivity index (χ3v) is 14.1. The summed E-state index contributed by atoms with van der Waals surface area (Å²) in [6, 6.07) is -0.793. The van der Waals surface area contributed by atoms with Crippen LogP contribution in [0.1, 0.15) is 290 Å². The minimum atomic E-state index is -4.56. The summed E-state index contributed by atoms with van der Waals surface area (Å²) in [6.07, 6.45) is 54.4. The van der Waals surface area contributed by atoms with Gasteiger partial charge >= 0.3 is 0 Å². The van der Waals surface area contributed by atoms with E-state index in [2.05, 4.69) is 19.2 Å². The lowest BCUT2D eigenvalue weighted by molar-refractivity contribution is -0.870. The molecule has 3 atom stereocenters. The second-order valence-electron chi connectivity index (χ2n) is 20.7. The van der Waals surface area contributed by atoms with Crippen molar-refractivity contribution in [3.05, 3.63) is 0 Å². The molecule has 1 amide bonds. The zero-order valence-corrected chi connectivity index (χ0v) is 44.0. The number of hydrogen-bond donors (Lipinski definition) is 2. The maximum Gasteiger partial charge on any atom is 0.268 e. The van der Waals surface area contributed by atoms with Gasteiger partial charge in [0, 0.05) is 6.42 Å². The lowest BCUT2D eigenvalue weighted by Crippen LogP contribution is -2.46. The van der Waals surface area contributed by atoms with Crippen molar-refractivity contribution in [1.82, 2.24) is 5.32 Å². The van der Waals surface area contributed by atoms with Gasteiger partial charge in [-0.15, -0.1) is 0 Å². The topological polar surface area (TPSA) is 108 Å². The Labute approximate surface area is 393 Å². The van der Waals surface area contributed by atoms with Crippen LogP contribution in [0.3, 0.4) is 0 Å². The first-order valence-electron chi connectivity index (χ1n) is 27.9. The van der Waals surface area contributed by atoms with E-state index in [9.17, 15) is 19.4 Å². The summed E-state index contributed by atoms with van der Waals surface area (Å²) in [5.74, 6) is -0.162. The van der Waals surface area contributed by atoms with Gasteiger partial charge in [-0.05, 0) is 12.8 Å². The maximum atomic E-state index is 12.9. The molecular formula is C54H111N2O6P. The Kier molecular flexibility index (Phi) is 46.2. The highest BCUT2D eigenvalue weighted by Gasteiger charge is 2.24. The van der Waals surface area contributed by atoms with Crippen molar-refractivity contribution in [3.63, 3.8) is 0 Å². The average Bonchev–Trinajstić information content (AvgIpc) is 3.24. The Bertz CT molecular complexity index is 994. The lowest BCUT2D eigenvalue weighted by atomic mass is 10.0. The molecule has 9 heteroatoms. The number of aliphatic hydroxyl groups excluding tert-OH is 1. The third-order valence-electron chi connectivity index (χ3n) is 13.1. The number of quaternary nitrogens is 1. The molecule has 0 fully saturated rings. The number of phosphoric ester groups is 1. The van der Waals surface area contributed by atoms with Crippen LogP contribution in [0.2, 0.25) is 0 Å². The van der Waals surface area contributed by atoms with Crippen molar-refractivity contribution < 1.29 is 32.9 Å². The number of carbonyl (C=O) groups excluding carboxylic acids is 1. The Hall–Kier alpha value is -0.500. The molecule has 0 spiro atoms. The summed E-state index contributed by atoms with van der Waals surface area (Å²) >= 11 is 0. The van der Waals surface area contributed by atoms with E-state index < -0.39 is 20.0 Å². The Morgan fingerprint density at radius 1 is 0.492 bits per heavy atom. The van der Waals surface area contributed by atoms with Crippen LogP contribution < -0.4 is 10.2 Å². The van der Waals surface area contributed by atoms with Crippen molar-refractivity contribution in [2.75, 3.05) is 40.9 Å². The number of nitrogens with one attached hydrogen (secondary N) is 1. The Morgan fingerprint density at radius 2 is 0.778 bits per heavy atom. The van der Waals surface area contributed by atoms with Gasteiger partial charge in [-0.25, -0.2) is 0 Å². The quantitative estimate of drug-likeness (QED) is 0.0357. The van der Waals surface area contributed by atoms with Crippen LogP contribution in [-0.2, 0) is 18.4 Å². The van der Waals surface area contributed by atoms with Gasteiger partial charge in [-0.2, -0.15) is 0 Å². The van der Waals surface area contributed by atoms with E-state index in [0.29, 0.717) is 23.9 Å². The molecule has 2 N–H and O–H groups in total. The van der Waals surface area contributed by atoms with E-state index in [-0.39, 0.29) is 19.1 Å². The third kappa shape index (κ3) is 49.2. The van der Waals surface area contributed by atoms with Crippen LogP contribution in [0.15, 0.2) is 0 Å². The summed E-state index contributed by atoms with van der Waals surface area (Å²) in [6.45, 7) is 4.74. The van der Waals surface area contributed by atoms with Gasteiger partial charge in [-0.3, -0.25) is 9.36 Å². The van der Waals surface area contributed by atoms with Crippen molar-refractivity contribution in [3.8, 4) is 0 Å². The Balaban J connectivity index is 3.93. The number of carbonyl (C=O) groups is 1. The second-order valence-corrected chi connectivity index (χ2v) is 22.1. The normalized spacial score (nSPS) is 14.0. The fourth-order valence-electron chi connectivity index (χ4n) is 8.69. The second kappa shape index (κ2) is 46.6. The molecular weight excluding hydrogens is 804 g/mol. The highest BCUT2D eigenvalue weighted by atomic mass is 31.2. The Morgan fingerprint density at radius 3 is 1.08 bits per heavy atom. The minimum absolute atomic E-state index is 0.0162. The fraction of sp³-hybridized carbons (Fsp3) is 0.981. The molecule has 3 unspecified atom stereocenters. The van der Waals surface area contributed by atoms with Crippen LogP contribution in [0.4, 0.5) is 0 Å². The van der Waals surface area contributed by atoms with E-state index in [1.54, 1.807) is 0 Å². The van der Waals surface area contributed by atoms with Gasteiger partial charge in [0.05, 0.1) is 39.9 Å². The number of likely N-dealkylation sites (N-methyl/N-ethyl adjacent to an activating group) is 1. The molecule has 0 radical (unpaired) electrons. The molecule has 0 aliphatic heterocycles. The number of unbranched alkanes of at least 4 members (excludes halogenated alkanes) is 39. The molecule has 63 heavy (non-hydrogen) atoms. The molecule has 0 aliphatic rings. The first kappa shape index (κ1) is 62.5. The average molecular weight is 915 g/mol. The highest BCUT2D eigenvalue weighted by Crippen LogP contribution is 2.38. The van der Waals surface area contributed by atoms with Gasteiger partial charge < -0.3 is 28.8 Å². The van der Waals surface area contributed by atoms with Gasteiger partial charge in [0.25, 0.3) is 7.82 Å². The fourth-order valence-corrected chi connectivity index (χ4v) is 9.41. The predicted octanol–water partition coefficient (Wildman–Crippen LogP) is 15.9. The van der Waals surface area contributed by atoms with Crippen LogP contribution >= 0.6 is 7.82 Å². The summed E-state index contributed by atoms with van der Waals surface area (Å²) in [5.41, 5.74) is 0.